The third kappa shape index (κ3) is 12.8. The first kappa shape index (κ1) is 32.8. The lowest BCUT2D eigenvalue weighted by Crippen LogP contribution is -2.39. The van der Waals surface area contributed by atoms with E-state index in [1.165, 1.54) is 0 Å². The van der Waals surface area contributed by atoms with E-state index in [4.69, 9.17) is 30.0 Å². The third-order valence-corrected chi connectivity index (χ3v) is 4.65. The minimum atomic E-state index is -0.603. The lowest BCUT2D eigenvalue weighted by molar-refractivity contribution is 0.0516. The van der Waals surface area contributed by atoms with Crippen LogP contribution in [0.2, 0.25) is 0 Å². The number of nitrogens with zero attached hydrogens (tertiary/aromatic N) is 4. The monoisotopic (exact) mass is 540 g/mol. The smallest absolute Gasteiger partial charge is 0.407 e. The van der Waals surface area contributed by atoms with Crippen molar-refractivity contribution in [3.05, 3.63) is 23.4 Å². The standard InChI is InChI=1S/C17H30N4O5.C7H14N4O/c1-8-12-20-13(26-21-12)11(9-18-14(22)24-16(2,3)4)10-19-15(23)25-17(5,6)7;1-2-6-10-7(12-11-6)5(3-8)4-9/h11H,8-10H2,1-7H3,(H,18,22)(H,19,23);5H,2-4,8-9H2,1H3. The van der Waals surface area contributed by atoms with E-state index in [1.54, 1.807) is 41.5 Å². The van der Waals surface area contributed by atoms with Crippen LogP contribution in [0, 0.1) is 0 Å². The van der Waals surface area contributed by atoms with Gasteiger partial charge in [0.15, 0.2) is 11.6 Å². The van der Waals surface area contributed by atoms with Crippen LogP contribution in [0.25, 0.3) is 0 Å². The Morgan fingerprint density at radius 3 is 1.42 bits per heavy atom. The van der Waals surface area contributed by atoms with Crippen LogP contribution in [0.15, 0.2) is 9.05 Å². The molecule has 0 spiro atoms. The second kappa shape index (κ2) is 15.2. The zero-order valence-electron chi connectivity index (χ0n) is 23.8. The highest BCUT2D eigenvalue weighted by Gasteiger charge is 2.24. The quantitative estimate of drug-likeness (QED) is 0.342. The number of amides is 2. The third-order valence-electron chi connectivity index (χ3n) is 4.65. The van der Waals surface area contributed by atoms with Crippen molar-refractivity contribution in [3.8, 4) is 0 Å². The largest absolute Gasteiger partial charge is 0.444 e. The van der Waals surface area contributed by atoms with Crippen LogP contribution < -0.4 is 22.1 Å². The fourth-order valence-corrected chi connectivity index (χ4v) is 2.74. The van der Waals surface area contributed by atoms with Crippen LogP contribution in [0.4, 0.5) is 9.59 Å². The van der Waals surface area contributed by atoms with E-state index >= 15 is 0 Å². The number of hydrogen-bond acceptors (Lipinski definition) is 12. The lowest BCUT2D eigenvalue weighted by Gasteiger charge is -2.22. The van der Waals surface area contributed by atoms with Gasteiger partial charge < -0.3 is 40.6 Å². The van der Waals surface area contributed by atoms with Gasteiger partial charge in [-0.2, -0.15) is 9.97 Å². The molecule has 6 N–H and O–H groups in total. The van der Waals surface area contributed by atoms with Crippen LogP contribution in [-0.4, -0.2) is 69.8 Å². The van der Waals surface area contributed by atoms with E-state index in [0.29, 0.717) is 42.9 Å². The van der Waals surface area contributed by atoms with Crippen molar-refractivity contribution in [2.24, 2.45) is 11.5 Å². The average molecular weight is 541 g/mol. The van der Waals surface area contributed by atoms with Gasteiger partial charge in [0, 0.05) is 39.0 Å². The number of carbonyl (C=O) groups is 2. The molecular weight excluding hydrogens is 496 g/mol. The summed E-state index contributed by atoms with van der Waals surface area (Å²) in [5.41, 5.74) is 9.71. The molecule has 0 fully saturated rings. The van der Waals surface area contributed by atoms with Gasteiger partial charge in [0.2, 0.25) is 11.8 Å². The number of hydrogen-bond donors (Lipinski definition) is 4. The van der Waals surface area contributed by atoms with Crippen molar-refractivity contribution in [1.29, 1.82) is 0 Å². The van der Waals surface area contributed by atoms with Crippen molar-refractivity contribution in [1.82, 2.24) is 30.9 Å². The van der Waals surface area contributed by atoms with Gasteiger partial charge in [0.1, 0.15) is 11.2 Å². The molecule has 0 saturated heterocycles. The summed E-state index contributed by atoms with van der Waals surface area (Å²) in [7, 11) is 0. The first-order valence-corrected chi connectivity index (χ1v) is 12.7. The number of nitrogens with one attached hydrogen (secondary N) is 2. The number of nitrogens with two attached hydrogens (primary N) is 2. The molecule has 216 valence electrons. The summed E-state index contributed by atoms with van der Waals surface area (Å²) in [5.74, 6) is 1.72. The van der Waals surface area contributed by atoms with Gasteiger partial charge in [-0.15, -0.1) is 0 Å². The zero-order chi connectivity index (χ0) is 28.9. The maximum atomic E-state index is 11.9. The summed E-state index contributed by atoms with van der Waals surface area (Å²) in [4.78, 5) is 32.1. The number of carbonyl (C=O) groups excluding carboxylic acids is 2. The highest BCUT2D eigenvalue weighted by molar-refractivity contribution is 5.68. The Balaban J connectivity index is 0.000000499. The highest BCUT2D eigenvalue weighted by atomic mass is 16.6. The van der Waals surface area contributed by atoms with Gasteiger partial charge in [0.25, 0.3) is 0 Å². The lowest BCUT2D eigenvalue weighted by atomic mass is 10.1. The number of aromatic nitrogens is 4. The molecule has 0 aliphatic rings. The van der Waals surface area contributed by atoms with Gasteiger partial charge in [-0.25, -0.2) is 9.59 Å². The highest BCUT2D eigenvalue weighted by Crippen LogP contribution is 2.14. The molecule has 0 aliphatic carbocycles. The number of alkyl carbamates (subject to hydrolysis) is 2. The molecule has 0 saturated carbocycles. The Hall–Kier alpha value is -3.26. The predicted octanol–water partition coefficient (Wildman–Crippen LogP) is 2.40. The van der Waals surface area contributed by atoms with Crippen LogP contribution in [0.3, 0.4) is 0 Å². The Labute approximate surface area is 223 Å². The molecule has 2 heterocycles. The van der Waals surface area contributed by atoms with E-state index in [-0.39, 0.29) is 19.0 Å². The average Bonchev–Trinajstić information content (AvgIpc) is 3.48. The van der Waals surface area contributed by atoms with Crippen LogP contribution >= 0.6 is 0 Å². The summed E-state index contributed by atoms with van der Waals surface area (Å²) < 4.78 is 20.6. The zero-order valence-corrected chi connectivity index (χ0v) is 23.8. The molecule has 14 nitrogen and oxygen atoms in total. The predicted molar refractivity (Wildman–Crippen MR) is 139 cm³/mol. The topological polar surface area (TPSA) is 207 Å². The maximum Gasteiger partial charge on any atom is 0.407 e. The fourth-order valence-electron chi connectivity index (χ4n) is 2.74. The second-order valence-electron chi connectivity index (χ2n) is 10.4. The maximum absolute atomic E-state index is 11.9. The Morgan fingerprint density at radius 1 is 0.763 bits per heavy atom. The van der Waals surface area contributed by atoms with Crippen molar-refractivity contribution in [3.63, 3.8) is 0 Å². The molecule has 2 aromatic heterocycles. The van der Waals surface area contributed by atoms with Gasteiger partial charge in [0.05, 0.1) is 11.8 Å². The summed E-state index contributed by atoms with van der Waals surface area (Å²) in [6, 6.07) is 0. The minimum Gasteiger partial charge on any atom is -0.444 e. The van der Waals surface area contributed by atoms with Gasteiger partial charge in [-0.1, -0.05) is 24.2 Å². The molecule has 2 aromatic rings. The van der Waals surface area contributed by atoms with Crippen molar-refractivity contribution < 1.29 is 28.1 Å². The molecule has 2 amide bonds. The molecule has 0 radical (unpaired) electrons. The molecule has 0 aliphatic heterocycles. The molecular formula is C24H44N8O6. The fraction of sp³-hybridized carbons (Fsp3) is 0.750. The molecule has 0 unspecified atom stereocenters. The number of aryl methyl sites for hydroxylation is 2. The summed E-state index contributed by atoms with van der Waals surface area (Å²) >= 11 is 0. The first-order chi connectivity index (χ1) is 17.7. The second-order valence-corrected chi connectivity index (χ2v) is 10.4. The number of rotatable bonds is 10. The minimum absolute atomic E-state index is 0.00204. The summed E-state index contributed by atoms with van der Waals surface area (Å²) in [6.45, 7) is 15.8. The molecule has 0 aromatic carbocycles. The number of ether oxygens (including phenoxy) is 2. The van der Waals surface area contributed by atoms with Gasteiger partial charge in [-0.3, -0.25) is 0 Å². The van der Waals surface area contributed by atoms with Gasteiger partial charge in [-0.05, 0) is 41.5 Å². The van der Waals surface area contributed by atoms with Crippen LogP contribution in [-0.2, 0) is 22.3 Å². The summed E-state index contributed by atoms with van der Waals surface area (Å²) in [6.07, 6.45) is 0.269. The van der Waals surface area contributed by atoms with E-state index in [2.05, 4.69) is 30.9 Å². The van der Waals surface area contributed by atoms with Crippen molar-refractivity contribution >= 4 is 12.2 Å². The van der Waals surface area contributed by atoms with Crippen molar-refractivity contribution in [2.75, 3.05) is 26.2 Å². The first-order valence-electron chi connectivity index (χ1n) is 12.7. The van der Waals surface area contributed by atoms with E-state index < -0.39 is 29.3 Å². The Kier molecular flexibility index (Phi) is 13.1. The van der Waals surface area contributed by atoms with Crippen molar-refractivity contribution in [2.45, 2.75) is 91.3 Å². The molecule has 38 heavy (non-hydrogen) atoms. The Morgan fingerprint density at radius 2 is 1.13 bits per heavy atom. The van der Waals surface area contributed by atoms with Crippen LogP contribution in [0.1, 0.15) is 90.7 Å². The summed E-state index contributed by atoms with van der Waals surface area (Å²) in [5, 5.41) is 12.9. The van der Waals surface area contributed by atoms with E-state index in [0.717, 1.165) is 6.42 Å². The van der Waals surface area contributed by atoms with E-state index in [9.17, 15) is 9.59 Å². The van der Waals surface area contributed by atoms with Crippen LogP contribution in [0.5, 0.6) is 0 Å². The SMILES string of the molecule is CCc1noc(C(CN)CN)n1.CCc1noc(C(CNC(=O)OC(C)(C)C)CNC(=O)OC(C)(C)C)n1. The van der Waals surface area contributed by atoms with E-state index in [1.807, 2.05) is 13.8 Å². The Bertz CT molecular complexity index is 943. The van der Waals surface area contributed by atoms with Gasteiger partial charge >= 0.3 is 12.2 Å². The molecule has 0 atom stereocenters. The molecule has 0 bridgehead atoms. The molecule has 14 heteroatoms. The normalized spacial score (nSPS) is 11.7. The molecule has 2 rings (SSSR count).